The van der Waals surface area contributed by atoms with Crippen LogP contribution in [0.25, 0.3) is 0 Å². The zero-order valence-corrected chi connectivity index (χ0v) is 11.1. The molecule has 0 saturated heterocycles. The van der Waals surface area contributed by atoms with Gasteiger partial charge in [0, 0.05) is 4.88 Å². The lowest BCUT2D eigenvalue weighted by atomic mass is 10.00. The number of rotatable bonds is 2. The summed E-state index contributed by atoms with van der Waals surface area (Å²) in [5, 5.41) is 15.2. The Morgan fingerprint density at radius 3 is 2.14 bits per heavy atom. The highest BCUT2D eigenvalue weighted by molar-refractivity contribution is 7.99. The molecular formula is C10H19NOS2. The highest BCUT2D eigenvalue weighted by atomic mass is 32.2. The first kappa shape index (κ1) is 14.0. The molecule has 0 fully saturated rings. The van der Waals surface area contributed by atoms with E-state index in [2.05, 4.69) is 0 Å². The van der Waals surface area contributed by atoms with Crippen molar-refractivity contribution in [2.24, 2.45) is 5.14 Å². The van der Waals surface area contributed by atoms with Gasteiger partial charge in [-0.2, -0.15) is 0 Å². The van der Waals surface area contributed by atoms with Gasteiger partial charge in [0.2, 0.25) is 0 Å². The van der Waals surface area contributed by atoms with E-state index in [0.717, 1.165) is 14.6 Å². The van der Waals surface area contributed by atoms with Crippen molar-refractivity contribution in [3.8, 4) is 0 Å². The van der Waals surface area contributed by atoms with Crippen LogP contribution in [0.15, 0.2) is 10.3 Å². The molecule has 1 heterocycles. The molecule has 1 rings (SSSR count). The second-order valence-corrected chi connectivity index (χ2v) is 5.40. The van der Waals surface area contributed by atoms with Crippen LogP contribution in [0, 0.1) is 6.92 Å². The molecule has 0 radical (unpaired) electrons. The molecule has 0 bridgehead atoms. The fourth-order valence-corrected chi connectivity index (χ4v) is 2.77. The van der Waals surface area contributed by atoms with Gasteiger partial charge in [0.05, 0.1) is 9.81 Å². The lowest BCUT2D eigenvalue weighted by Crippen LogP contribution is -2.15. The molecule has 0 aliphatic rings. The van der Waals surface area contributed by atoms with Crippen LogP contribution >= 0.6 is 23.3 Å². The topological polar surface area (TPSA) is 46.2 Å². The van der Waals surface area contributed by atoms with E-state index in [1.54, 1.807) is 25.2 Å². The van der Waals surface area contributed by atoms with Crippen LogP contribution < -0.4 is 5.14 Å². The van der Waals surface area contributed by atoms with Gasteiger partial charge in [-0.25, -0.2) is 0 Å². The first-order valence-corrected chi connectivity index (χ1v) is 6.35. The molecule has 0 amide bonds. The van der Waals surface area contributed by atoms with Crippen LogP contribution in [-0.4, -0.2) is 5.11 Å². The first-order chi connectivity index (χ1) is 6.45. The minimum absolute atomic E-state index is 0.755. The maximum absolute atomic E-state index is 9.74. The third-order valence-electron chi connectivity index (χ3n) is 1.67. The Bertz CT molecular complexity index is 276. The summed E-state index contributed by atoms with van der Waals surface area (Å²) in [5.74, 6) is 0. The van der Waals surface area contributed by atoms with Crippen molar-refractivity contribution in [3.63, 3.8) is 0 Å². The lowest BCUT2D eigenvalue weighted by molar-refractivity contribution is 0.0783. The number of thiophene rings is 1. The van der Waals surface area contributed by atoms with E-state index in [9.17, 15) is 5.11 Å². The van der Waals surface area contributed by atoms with Crippen LogP contribution in [-0.2, 0) is 5.60 Å². The molecule has 1 aromatic rings. The Morgan fingerprint density at radius 1 is 1.43 bits per heavy atom. The average Bonchev–Trinajstić information content (AvgIpc) is 2.49. The largest absolute Gasteiger partial charge is 0.386 e. The Hall–Kier alpha value is -0.0300. The maximum atomic E-state index is 9.74. The molecule has 82 valence electrons. The van der Waals surface area contributed by atoms with Gasteiger partial charge in [-0.05, 0) is 44.3 Å². The van der Waals surface area contributed by atoms with E-state index in [1.165, 1.54) is 11.9 Å². The molecule has 3 N–H and O–H groups in total. The average molecular weight is 233 g/mol. The quantitative estimate of drug-likeness (QED) is 0.771. The smallest absolute Gasteiger partial charge is 0.0851 e. The van der Waals surface area contributed by atoms with E-state index in [-0.39, 0.29) is 0 Å². The van der Waals surface area contributed by atoms with Gasteiger partial charge in [0.25, 0.3) is 0 Å². The summed E-state index contributed by atoms with van der Waals surface area (Å²) in [4.78, 5) is 1.13. The van der Waals surface area contributed by atoms with Crippen LogP contribution in [0.3, 0.4) is 0 Å². The predicted octanol–water partition coefficient (Wildman–Crippen LogP) is 3.28. The second kappa shape index (κ2) is 5.75. The van der Waals surface area contributed by atoms with E-state index in [0.29, 0.717) is 0 Å². The SMILES string of the molecule is CC.Cc1sc(SN)cc1C(C)(C)O. The zero-order valence-electron chi connectivity index (χ0n) is 9.42. The summed E-state index contributed by atoms with van der Waals surface area (Å²) < 4.78 is 1.05. The van der Waals surface area contributed by atoms with Gasteiger partial charge in [-0.3, -0.25) is 5.14 Å². The molecule has 1 aromatic heterocycles. The van der Waals surface area contributed by atoms with Gasteiger partial charge in [0.15, 0.2) is 0 Å². The highest BCUT2D eigenvalue weighted by Gasteiger charge is 2.20. The van der Waals surface area contributed by atoms with Crippen molar-refractivity contribution in [2.45, 2.75) is 44.4 Å². The van der Waals surface area contributed by atoms with Crippen molar-refractivity contribution in [3.05, 3.63) is 16.5 Å². The molecule has 0 atom stereocenters. The third-order valence-corrected chi connectivity index (χ3v) is 3.40. The molecule has 2 nitrogen and oxygen atoms in total. The van der Waals surface area contributed by atoms with Gasteiger partial charge >= 0.3 is 0 Å². The summed E-state index contributed by atoms with van der Waals surface area (Å²) in [6.07, 6.45) is 0. The first-order valence-electron chi connectivity index (χ1n) is 4.65. The van der Waals surface area contributed by atoms with Gasteiger partial charge in [0.1, 0.15) is 0 Å². The fraction of sp³-hybridized carbons (Fsp3) is 0.600. The zero-order chi connectivity index (χ0) is 11.4. The summed E-state index contributed by atoms with van der Waals surface area (Å²) in [5.41, 5.74) is 0.217. The van der Waals surface area contributed by atoms with Crippen molar-refractivity contribution >= 4 is 23.3 Å². The lowest BCUT2D eigenvalue weighted by Gasteiger charge is -2.16. The predicted molar refractivity (Wildman–Crippen MR) is 65.7 cm³/mol. The molecule has 0 saturated carbocycles. The van der Waals surface area contributed by atoms with E-state index in [4.69, 9.17) is 5.14 Å². The fourth-order valence-electron chi connectivity index (χ4n) is 1.12. The van der Waals surface area contributed by atoms with Crippen LogP contribution in [0.5, 0.6) is 0 Å². The highest BCUT2D eigenvalue weighted by Crippen LogP contribution is 2.33. The van der Waals surface area contributed by atoms with Crippen molar-refractivity contribution < 1.29 is 5.11 Å². The van der Waals surface area contributed by atoms with Gasteiger partial charge in [-0.1, -0.05) is 13.8 Å². The molecule has 0 spiro atoms. The Balaban J connectivity index is 0.000000791. The summed E-state index contributed by atoms with van der Waals surface area (Å²) in [6, 6.07) is 1.95. The molecule has 4 heteroatoms. The number of aryl methyl sites for hydroxylation is 1. The number of hydrogen-bond donors (Lipinski definition) is 2. The molecule has 0 aliphatic heterocycles. The van der Waals surface area contributed by atoms with Crippen molar-refractivity contribution in [1.29, 1.82) is 0 Å². The second-order valence-electron chi connectivity index (χ2n) is 3.21. The number of nitrogens with two attached hydrogens (primary N) is 1. The number of aliphatic hydroxyl groups is 1. The molecular weight excluding hydrogens is 214 g/mol. The summed E-state index contributed by atoms with van der Waals surface area (Å²) >= 11 is 2.85. The monoisotopic (exact) mass is 233 g/mol. The minimum atomic E-state index is -0.755. The molecule has 0 unspecified atom stereocenters. The molecule has 0 aromatic carbocycles. The number of hydrogen-bond acceptors (Lipinski definition) is 4. The van der Waals surface area contributed by atoms with Crippen LogP contribution in [0.1, 0.15) is 38.1 Å². The molecule has 0 aliphatic carbocycles. The van der Waals surface area contributed by atoms with Crippen molar-refractivity contribution in [2.75, 3.05) is 0 Å². The minimum Gasteiger partial charge on any atom is -0.386 e. The normalized spacial score (nSPS) is 10.8. The van der Waals surface area contributed by atoms with Crippen LogP contribution in [0.4, 0.5) is 0 Å². The van der Waals surface area contributed by atoms with Gasteiger partial charge in [-0.15, -0.1) is 11.3 Å². The van der Waals surface area contributed by atoms with E-state index >= 15 is 0 Å². The maximum Gasteiger partial charge on any atom is 0.0851 e. The van der Waals surface area contributed by atoms with E-state index < -0.39 is 5.60 Å². The Morgan fingerprint density at radius 2 is 1.93 bits per heavy atom. The van der Waals surface area contributed by atoms with Crippen LogP contribution in [0.2, 0.25) is 0 Å². The summed E-state index contributed by atoms with van der Waals surface area (Å²) in [6.45, 7) is 9.57. The standard InChI is InChI=1S/C8H13NOS2.C2H6/c1-5-6(8(2,3)10)4-7(11-5)12-9;1-2/h4,10H,9H2,1-3H3;1-2H3. The van der Waals surface area contributed by atoms with Gasteiger partial charge < -0.3 is 5.11 Å². The summed E-state index contributed by atoms with van der Waals surface area (Å²) in [7, 11) is 0. The Kier molecular flexibility index (Phi) is 5.74. The Labute approximate surface area is 94.7 Å². The van der Waals surface area contributed by atoms with E-state index in [1.807, 2.05) is 26.8 Å². The van der Waals surface area contributed by atoms with Crippen molar-refractivity contribution in [1.82, 2.24) is 0 Å². The third kappa shape index (κ3) is 3.61. The molecule has 14 heavy (non-hydrogen) atoms.